The van der Waals surface area contributed by atoms with Crippen molar-refractivity contribution in [3.8, 4) is 0 Å². The fraction of sp³-hybridized carbons (Fsp3) is 0.281. The summed E-state index contributed by atoms with van der Waals surface area (Å²) in [5.41, 5.74) is 5.07. The van der Waals surface area contributed by atoms with E-state index < -0.39 is 0 Å². The Labute approximate surface area is 235 Å². The van der Waals surface area contributed by atoms with Crippen LogP contribution in [0, 0.1) is 0 Å². The van der Waals surface area contributed by atoms with E-state index in [0.717, 1.165) is 37.3 Å². The van der Waals surface area contributed by atoms with Crippen molar-refractivity contribution in [2.24, 2.45) is 0 Å². The van der Waals surface area contributed by atoms with E-state index in [0.29, 0.717) is 46.7 Å². The molecule has 1 aliphatic heterocycles. The Hall–Kier alpha value is -4.43. The maximum atomic E-state index is 13.3. The van der Waals surface area contributed by atoms with Gasteiger partial charge in [0.25, 0.3) is 17.7 Å². The second-order valence-corrected chi connectivity index (χ2v) is 9.57. The Morgan fingerprint density at radius 1 is 0.775 bits per heavy atom. The molecule has 0 fully saturated rings. The molecule has 0 atom stereocenters. The van der Waals surface area contributed by atoms with Crippen LogP contribution in [0.15, 0.2) is 72.8 Å². The molecule has 1 heterocycles. The highest BCUT2D eigenvalue weighted by Crippen LogP contribution is 2.38. The fourth-order valence-electron chi connectivity index (χ4n) is 4.61. The van der Waals surface area contributed by atoms with Crippen molar-refractivity contribution in [2.45, 2.75) is 27.2 Å². The van der Waals surface area contributed by atoms with E-state index in [1.54, 1.807) is 30.3 Å². The van der Waals surface area contributed by atoms with Crippen LogP contribution in [0.5, 0.6) is 0 Å². The maximum absolute atomic E-state index is 13.3. The molecule has 3 amide bonds. The van der Waals surface area contributed by atoms with Crippen LogP contribution in [0.4, 0.5) is 11.4 Å². The molecule has 0 aliphatic carbocycles. The van der Waals surface area contributed by atoms with Crippen molar-refractivity contribution in [1.29, 1.82) is 0 Å². The second-order valence-electron chi connectivity index (χ2n) is 9.57. The minimum atomic E-state index is -0.253. The van der Waals surface area contributed by atoms with Gasteiger partial charge in [0.1, 0.15) is 0 Å². The first kappa shape index (κ1) is 28.6. The number of rotatable bonds is 12. The van der Waals surface area contributed by atoms with Crippen molar-refractivity contribution in [3.05, 3.63) is 95.1 Å². The minimum absolute atomic E-state index is 0.122. The quantitative estimate of drug-likeness (QED) is 0.247. The maximum Gasteiger partial charge on any atom is 0.258 e. The third-order valence-corrected chi connectivity index (χ3v) is 6.90. The summed E-state index contributed by atoms with van der Waals surface area (Å²) in [5.74, 6) is -0.546. The highest BCUT2D eigenvalue weighted by Gasteiger charge is 2.29. The van der Waals surface area contributed by atoms with E-state index >= 15 is 0 Å². The molecule has 8 nitrogen and oxygen atoms in total. The van der Waals surface area contributed by atoms with E-state index in [1.165, 1.54) is 0 Å². The van der Waals surface area contributed by atoms with Crippen LogP contribution in [-0.2, 0) is 4.79 Å². The molecule has 0 aromatic heterocycles. The van der Waals surface area contributed by atoms with Crippen molar-refractivity contribution in [1.82, 2.24) is 15.5 Å². The lowest BCUT2D eigenvalue weighted by Crippen LogP contribution is -2.34. The molecule has 4 rings (SSSR count). The summed E-state index contributed by atoms with van der Waals surface area (Å²) >= 11 is 0. The van der Waals surface area contributed by atoms with Crippen LogP contribution in [0.2, 0.25) is 0 Å². The summed E-state index contributed by atoms with van der Waals surface area (Å²) < 4.78 is 0. The van der Waals surface area contributed by atoms with E-state index in [1.807, 2.05) is 49.4 Å². The van der Waals surface area contributed by atoms with Gasteiger partial charge in [0.2, 0.25) is 0 Å². The molecule has 4 N–H and O–H groups in total. The lowest BCUT2D eigenvalue weighted by molar-refractivity contribution is -0.110. The third kappa shape index (κ3) is 6.76. The van der Waals surface area contributed by atoms with Gasteiger partial charge in [-0.25, -0.2) is 0 Å². The number of nitrogens with zero attached hydrogens (tertiary/aromatic N) is 1. The van der Waals surface area contributed by atoms with Gasteiger partial charge in [-0.2, -0.15) is 0 Å². The summed E-state index contributed by atoms with van der Waals surface area (Å²) in [6.07, 6.45) is 0.842. The summed E-state index contributed by atoms with van der Waals surface area (Å²) in [7, 11) is 0. The number of carbonyl (C=O) groups is 3. The molecule has 0 spiro atoms. The van der Waals surface area contributed by atoms with Gasteiger partial charge in [-0.3, -0.25) is 14.4 Å². The predicted octanol–water partition coefficient (Wildman–Crippen LogP) is 4.83. The fourth-order valence-corrected chi connectivity index (χ4v) is 4.61. The average Bonchev–Trinajstić information content (AvgIpc) is 3.32. The van der Waals surface area contributed by atoms with Crippen molar-refractivity contribution >= 4 is 40.4 Å². The number of nitrogens with one attached hydrogen (secondary N) is 4. The zero-order chi connectivity index (χ0) is 28.5. The van der Waals surface area contributed by atoms with Gasteiger partial charge < -0.3 is 26.2 Å². The van der Waals surface area contributed by atoms with Gasteiger partial charge in [0, 0.05) is 47.7 Å². The van der Waals surface area contributed by atoms with Gasteiger partial charge in [-0.15, -0.1) is 0 Å². The molecule has 0 saturated heterocycles. The molecule has 3 aromatic rings. The lowest BCUT2D eigenvalue weighted by atomic mass is 9.98. The SMILES string of the molecule is CCCNC(=O)c1ccc2c(c1)NC(=O)/C2=C(\Nc1ccc(C(=O)NCCN(CC)CC)cc1)c1ccccc1. The van der Waals surface area contributed by atoms with E-state index in [4.69, 9.17) is 0 Å². The van der Waals surface area contributed by atoms with Gasteiger partial charge in [0.15, 0.2) is 0 Å². The second kappa shape index (κ2) is 13.6. The predicted molar refractivity (Wildman–Crippen MR) is 161 cm³/mol. The van der Waals surface area contributed by atoms with Crippen LogP contribution in [-0.4, -0.2) is 55.3 Å². The van der Waals surface area contributed by atoms with Crippen molar-refractivity contribution in [2.75, 3.05) is 43.4 Å². The average molecular weight is 540 g/mol. The molecule has 0 saturated carbocycles. The summed E-state index contributed by atoms with van der Waals surface area (Å²) in [5, 5.41) is 12.2. The Kier molecular flexibility index (Phi) is 9.70. The number of fused-ring (bicyclic) bond motifs is 1. The highest BCUT2D eigenvalue weighted by atomic mass is 16.2. The Balaban J connectivity index is 1.59. The van der Waals surface area contributed by atoms with Crippen LogP contribution >= 0.6 is 0 Å². The minimum Gasteiger partial charge on any atom is -0.354 e. The molecule has 208 valence electrons. The van der Waals surface area contributed by atoms with E-state index in [2.05, 4.69) is 40.0 Å². The monoisotopic (exact) mass is 539 g/mol. The molecule has 0 bridgehead atoms. The van der Waals surface area contributed by atoms with E-state index in [9.17, 15) is 14.4 Å². The molecule has 0 radical (unpaired) electrons. The van der Waals surface area contributed by atoms with Gasteiger partial charge in [-0.1, -0.05) is 57.2 Å². The number of hydrogen-bond donors (Lipinski definition) is 4. The molecular weight excluding hydrogens is 502 g/mol. The topological polar surface area (TPSA) is 103 Å². The summed E-state index contributed by atoms with van der Waals surface area (Å²) in [6.45, 7) is 10.1. The highest BCUT2D eigenvalue weighted by molar-refractivity contribution is 6.37. The summed E-state index contributed by atoms with van der Waals surface area (Å²) in [4.78, 5) is 40.6. The Morgan fingerprint density at radius 3 is 2.10 bits per heavy atom. The number of benzene rings is 3. The van der Waals surface area contributed by atoms with Gasteiger partial charge >= 0.3 is 0 Å². The molecule has 40 heavy (non-hydrogen) atoms. The lowest BCUT2D eigenvalue weighted by Gasteiger charge is -2.18. The van der Waals surface area contributed by atoms with Crippen LogP contribution in [0.1, 0.15) is 59.0 Å². The van der Waals surface area contributed by atoms with Gasteiger partial charge in [-0.05, 0) is 61.5 Å². The standard InChI is InChI=1S/C32H37N5O3/c1-4-18-33-31(39)24-14-17-26-27(21-24)36-32(40)28(26)29(22-10-8-7-9-11-22)35-25-15-12-23(13-16-25)30(38)34-19-20-37(5-2)6-3/h7-17,21,35H,4-6,18-20H2,1-3H3,(H,33,39)(H,34,38)(H,36,40)/b29-28-. The van der Waals surface area contributed by atoms with Crippen LogP contribution in [0.25, 0.3) is 11.3 Å². The van der Waals surface area contributed by atoms with Crippen LogP contribution in [0.3, 0.4) is 0 Å². The molecule has 0 unspecified atom stereocenters. The summed E-state index contributed by atoms with van der Waals surface area (Å²) in [6, 6.07) is 22.1. The molecular formula is C32H37N5O3. The number of anilines is 2. The zero-order valence-electron chi connectivity index (χ0n) is 23.3. The smallest absolute Gasteiger partial charge is 0.258 e. The first-order valence-corrected chi connectivity index (χ1v) is 13.9. The van der Waals surface area contributed by atoms with Gasteiger partial charge in [0.05, 0.1) is 11.3 Å². The first-order chi connectivity index (χ1) is 19.4. The zero-order valence-corrected chi connectivity index (χ0v) is 23.3. The Bertz CT molecular complexity index is 1380. The normalized spacial score (nSPS) is 13.4. The Morgan fingerprint density at radius 2 is 1.43 bits per heavy atom. The number of likely N-dealkylation sites (N-methyl/N-ethyl adjacent to an activating group) is 1. The molecule has 1 aliphatic rings. The van der Waals surface area contributed by atoms with Crippen LogP contribution < -0.4 is 21.3 Å². The third-order valence-electron chi connectivity index (χ3n) is 6.90. The van der Waals surface area contributed by atoms with Crippen molar-refractivity contribution < 1.29 is 14.4 Å². The number of hydrogen-bond acceptors (Lipinski definition) is 5. The molecule has 3 aromatic carbocycles. The van der Waals surface area contributed by atoms with Crippen molar-refractivity contribution in [3.63, 3.8) is 0 Å². The largest absolute Gasteiger partial charge is 0.354 e. The first-order valence-electron chi connectivity index (χ1n) is 13.9. The number of amides is 3. The van der Waals surface area contributed by atoms with E-state index in [-0.39, 0.29) is 17.7 Å². The molecule has 8 heteroatoms. The number of carbonyl (C=O) groups excluding carboxylic acids is 3.